The van der Waals surface area contributed by atoms with Gasteiger partial charge in [0.1, 0.15) is 5.82 Å². The van der Waals surface area contributed by atoms with Gasteiger partial charge in [-0.05, 0) is 6.92 Å². The number of hydrogen-bond acceptors (Lipinski definition) is 5. The van der Waals surface area contributed by atoms with Crippen LogP contribution in [0, 0.1) is 6.92 Å². The number of halogens is 3. The molecule has 0 saturated carbocycles. The second-order valence-electron chi connectivity index (χ2n) is 2.77. The van der Waals surface area contributed by atoms with E-state index in [4.69, 9.17) is 5.73 Å². The zero-order valence-electron chi connectivity index (χ0n) is 7.45. The molecule has 2 heterocycles. The predicted octanol–water partition coefficient (Wildman–Crippen LogP) is 0.429. The third kappa shape index (κ3) is 1.55. The van der Waals surface area contributed by atoms with E-state index >= 15 is 0 Å². The first kappa shape index (κ1) is 9.62. The highest BCUT2D eigenvalue weighted by Crippen LogP contribution is 2.26. The highest BCUT2D eigenvalue weighted by atomic mass is 19.4. The van der Waals surface area contributed by atoms with Crippen LogP contribution in [-0.4, -0.2) is 24.6 Å². The molecule has 0 aromatic carbocycles. The molecule has 0 spiro atoms. The fraction of sp³-hybridized carbons (Fsp3) is 0.333. The van der Waals surface area contributed by atoms with Crippen LogP contribution in [0.5, 0.6) is 0 Å². The Kier molecular flexibility index (Phi) is 1.78. The summed E-state index contributed by atoms with van der Waals surface area (Å²) >= 11 is 0. The van der Waals surface area contributed by atoms with Crippen LogP contribution in [0.25, 0.3) is 5.78 Å². The molecule has 2 N–H and O–H groups in total. The second-order valence-corrected chi connectivity index (χ2v) is 2.77. The summed E-state index contributed by atoms with van der Waals surface area (Å²) in [6, 6.07) is 0. The van der Waals surface area contributed by atoms with Gasteiger partial charge in [-0.1, -0.05) is 0 Å². The van der Waals surface area contributed by atoms with Gasteiger partial charge >= 0.3 is 6.18 Å². The lowest BCUT2D eigenvalue weighted by Gasteiger charge is -1.97. The molecule has 15 heavy (non-hydrogen) atoms. The van der Waals surface area contributed by atoms with E-state index in [0.29, 0.717) is 0 Å². The predicted molar refractivity (Wildman–Crippen MR) is 42.7 cm³/mol. The summed E-state index contributed by atoms with van der Waals surface area (Å²) in [6.45, 7) is 1.50. The molecule has 80 valence electrons. The summed E-state index contributed by atoms with van der Waals surface area (Å²) in [5, 5.41) is 3.16. The van der Waals surface area contributed by atoms with Gasteiger partial charge in [0.05, 0.1) is 0 Å². The zero-order valence-corrected chi connectivity index (χ0v) is 7.45. The van der Waals surface area contributed by atoms with E-state index < -0.39 is 12.0 Å². The summed E-state index contributed by atoms with van der Waals surface area (Å²) in [7, 11) is 0. The van der Waals surface area contributed by atoms with E-state index in [1.165, 1.54) is 6.92 Å². The maximum Gasteiger partial charge on any atom is 0.453 e. The maximum atomic E-state index is 12.2. The Labute approximate surface area is 81.0 Å². The highest BCUT2D eigenvalue weighted by molar-refractivity contribution is 5.35. The molecular weight excluding hydrogens is 213 g/mol. The minimum absolute atomic E-state index is 0.180. The van der Waals surface area contributed by atoms with Crippen LogP contribution in [0.2, 0.25) is 0 Å². The molecule has 0 unspecified atom stereocenters. The summed E-state index contributed by atoms with van der Waals surface area (Å²) in [5.74, 6) is -1.44. The van der Waals surface area contributed by atoms with Gasteiger partial charge in [-0.2, -0.15) is 32.6 Å². The van der Waals surface area contributed by atoms with Crippen LogP contribution in [0.3, 0.4) is 0 Å². The van der Waals surface area contributed by atoms with Crippen LogP contribution in [0.15, 0.2) is 0 Å². The van der Waals surface area contributed by atoms with Gasteiger partial charge in [0.25, 0.3) is 11.6 Å². The summed E-state index contributed by atoms with van der Waals surface area (Å²) in [4.78, 5) is 10.5. The quantitative estimate of drug-likeness (QED) is 0.693. The SMILES string of the molecule is Cc1nc(N)n2nc(C(F)(F)F)nc2n1. The Balaban J connectivity index is 2.71. The average Bonchev–Trinajstić information content (AvgIpc) is 2.46. The van der Waals surface area contributed by atoms with Crippen molar-refractivity contribution in [2.24, 2.45) is 0 Å². The number of hydrogen-bond donors (Lipinski definition) is 1. The standard InChI is InChI=1S/C6H5F3N6/c1-2-11-4(10)15-5(12-2)13-3(14-15)6(7,8)9/h1H3,(H2,10,11,12,13,14). The molecule has 0 amide bonds. The molecule has 9 heteroatoms. The third-order valence-electron chi connectivity index (χ3n) is 1.60. The molecule has 2 rings (SSSR count). The Morgan fingerprint density at radius 2 is 1.87 bits per heavy atom. The monoisotopic (exact) mass is 218 g/mol. The molecule has 0 saturated heterocycles. The van der Waals surface area contributed by atoms with Crippen molar-refractivity contribution in [3.63, 3.8) is 0 Å². The molecule has 0 aliphatic rings. The molecular formula is C6H5F3N6. The van der Waals surface area contributed by atoms with Crippen LogP contribution in [-0.2, 0) is 6.18 Å². The number of fused-ring (bicyclic) bond motifs is 1. The number of alkyl halides is 3. The van der Waals surface area contributed by atoms with Crippen molar-refractivity contribution in [2.45, 2.75) is 13.1 Å². The van der Waals surface area contributed by atoms with E-state index in [1.54, 1.807) is 0 Å². The number of aromatic nitrogens is 5. The number of nitrogen functional groups attached to an aromatic ring is 1. The van der Waals surface area contributed by atoms with E-state index in [1.807, 2.05) is 0 Å². The summed E-state index contributed by atoms with van der Waals surface area (Å²) in [6.07, 6.45) is -4.62. The third-order valence-corrected chi connectivity index (χ3v) is 1.60. The van der Waals surface area contributed by atoms with Crippen molar-refractivity contribution in [3.05, 3.63) is 11.6 Å². The molecule has 0 bridgehead atoms. The molecule has 6 nitrogen and oxygen atoms in total. The average molecular weight is 218 g/mol. The van der Waals surface area contributed by atoms with Gasteiger partial charge in [0.15, 0.2) is 0 Å². The molecule has 0 atom stereocenters. The second kappa shape index (κ2) is 2.78. The van der Waals surface area contributed by atoms with Crippen molar-refractivity contribution in [1.29, 1.82) is 0 Å². The van der Waals surface area contributed by atoms with Crippen molar-refractivity contribution >= 4 is 11.7 Å². The first-order chi connectivity index (χ1) is 6.88. The normalized spacial score (nSPS) is 12.3. The lowest BCUT2D eigenvalue weighted by molar-refractivity contribution is -0.144. The number of nitrogens with two attached hydrogens (primary N) is 1. The number of rotatable bonds is 0. The van der Waals surface area contributed by atoms with E-state index in [2.05, 4.69) is 20.1 Å². The van der Waals surface area contributed by atoms with Gasteiger partial charge in [-0.15, -0.1) is 5.10 Å². The lowest BCUT2D eigenvalue weighted by Crippen LogP contribution is -2.08. The van der Waals surface area contributed by atoms with Gasteiger partial charge in [0.2, 0.25) is 5.95 Å². The zero-order chi connectivity index (χ0) is 11.2. The topological polar surface area (TPSA) is 82.0 Å². The van der Waals surface area contributed by atoms with Gasteiger partial charge in [0, 0.05) is 0 Å². The molecule has 0 aliphatic heterocycles. The van der Waals surface area contributed by atoms with Crippen LogP contribution in [0.1, 0.15) is 11.6 Å². The van der Waals surface area contributed by atoms with Crippen LogP contribution >= 0.6 is 0 Å². The summed E-state index contributed by atoms with van der Waals surface area (Å²) < 4.78 is 37.4. The Morgan fingerprint density at radius 1 is 1.20 bits per heavy atom. The van der Waals surface area contributed by atoms with Crippen molar-refractivity contribution in [2.75, 3.05) is 5.73 Å². The first-order valence-electron chi connectivity index (χ1n) is 3.82. The van der Waals surface area contributed by atoms with Gasteiger partial charge in [-0.25, -0.2) is 0 Å². The Hall–Kier alpha value is -1.93. The van der Waals surface area contributed by atoms with Crippen molar-refractivity contribution in [1.82, 2.24) is 24.6 Å². The number of nitrogens with zero attached hydrogens (tertiary/aromatic N) is 5. The van der Waals surface area contributed by atoms with Crippen LogP contribution in [0.4, 0.5) is 19.1 Å². The van der Waals surface area contributed by atoms with E-state index in [-0.39, 0.29) is 17.6 Å². The lowest BCUT2D eigenvalue weighted by atomic mass is 10.6. The van der Waals surface area contributed by atoms with E-state index in [0.717, 1.165) is 4.52 Å². The van der Waals surface area contributed by atoms with E-state index in [9.17, 15) is 13.2 Å². The van der Waals surface area contributed by atoms with Crippen molar-refractivity contribution < 1.29 is 13.2 Å². The first-order valence-corrected chi connectivity index (χ1v) is 3.82. The molecule has 0 radical (unpaired) electrons. The van der Waals surface area contributed by atoms with Gasteiger partial charge in [-0.3, -0.25) is 0 Å². The maximum absolute atomic E-state index is 12.2. The fourth-order valence-electron chi connectivity index (χ4n) is 1.03. The van der Waals surface area contributed by atoms with Gasteiger partial charge < -0.3 is 5.73 Å². The molecule has 0 fully saturated rings. The minimum Gasteiger partial charge on any atom is -0.368 e. The van der Waals surface area contributed by atoms with Crippen LogP contribution < -0.4 is 5.73 Å². The smallest absolute Gasteiger partial charge is 0.368 e. The fourth-order valence-corrected chi connectivity index (χ4v) is 1.03. The van der Waals surface area contributed by atoms with Crippen molar-refractivity contribution in [3.8, 4) is 0 Å². The molecule has 2 aromatic rings. The Bertz CT molecular complexity index is 515. The largest absolute Gasteiger partial charge is 0.453 e. The molecule has 2 aromatic heterocycles. The highest BCUT2D eigenvalue weighted by Gasteiger charge is 2.36. The number of aryl methyl sites for hydroxylation is 1. The summed E-state index contributed by atoms with van der Waals surface area (Å²) in [5.41, 5.74) is 5.36. The molecule has 0 aliphatic carbocycles. The minimum atomic E-state index is -4.62. The Morgan fingerprint density at radius 3 is 2.47 bits per heavy atom. The number of anilines is 1.